The Morgan fingerprint density at radius 3 is 1.15 bits per heavy atom. The van der Waals surface area contributed by atoms with E-state index >= 15 is 0 Å². The number of benzene rings is 14. The van der Waals surface area contributed by atoms with Crippen molar-refractivity contribution in [2.45, 2.75) is 6.92 Å². The zero-order chi connectivity index (χ0) is 58.7. The van der Waals surface area contributed by atoms with Crippen molar-refractivity contribution in [3.8, 4) is 56.9 Å². The molecule has 414 valence electrons. The number of rotatable bonds is 5. The van der Waals surface area contributed by atoms with Crippen LogP contribution in [0.1, 0.15) is 5.56 Å². The summed E-state index contributed by atoms with van der Waals surface area (Å²) in [5, 5.41) is 19.5. The van der Waals surface area contributed by atoms with Crippen LogP contribution in [0, 0.1) is 6.92 Å². The van der Waals surface area contributed by atoms with E-state index in [-0.39, 0.29) is 5.28 Å². The summed E-state index contributed by atoms with van der Waals surface area (Å²) in [6, 6.07) is 95.7. The molecule has 4 heterocycles. The summed E-state index contributed by atoms with van der Waals surface area (Å²) in [7, 11) is 0. The van der Waals surface area contributed by atoms with Crippen LogP contribution in [0.15, 0.2) is 288 Å². The molecule has 9 heteroatoms. The van der Waals surface area contributed by atoms with Gasteiger partial charge >= 0.3 is 0 Å². The number of nitrogens with zero attached hydrogens (tertiary/aromatic N) is 6. The largest absolute Gasteiger partial charge is 0.456 e. The highest BCUT2D eigenvalue weighted by molar-refractivity contribution is 6.28. The molecule has 0 unspecified atom stereocenters. The Kier molecular flexibility index (Phi) is 13.0. The fraction of sp³-hybridized carbons (Fsp3) is 0.0127. The van der Waals surface area contributed by atoms with E-state index < -0.39 is 0 Å². The summed E-state index contributed by atoms with van der Waals surface area (Å²) in [6.45, 7) is 2.18. The van der Waals surface area contributed by atoms with Gasteiger partial charge in [0, 0.05) is 49.4 Å². The minimum atomic E-state index is 0.165. The van der Waals surface area contributed by atoms with E-state index in [1.807, 2.05) is 133 Å². The molecule has 0 N–H and O–H groups in total. The van der Waals surface area contributed by atoms with E-state index in [4.69, 9.17) is 35.4 Å². The first-order valence-corrected chi connectivity index (χ1v) is 29.6. The molecule has 0 amide bonds. The summed E-state index contributed by atoms with van der Waals surface area (Å²) in [4.78, 5) is 28.6. The zero-order valence-corrected chi connectivity index (χ0v) is 48.2. The number of fused-ring (bicyclic) bond motifs is 16. The molecule has 0 aliphatic rings. The molecule has 88 heavy (non-hydrogen) atoms. The first kappa shape index (κ1) is 52.1. The van der Waals surface area contributed by atoms with Gasteiger partial charge in [-0.15, -0.1) is 0 Å². The van der Waals surface area contributed by atoms with Gasteiger partial charge in [0.25, 0.3) is 0 Å². The molecule has 18 rings (SSSR count). The Labute approximate surface area is 509 Å². The maximum atomic E-state index is 6.21. The van der Waals surface area contributed by atoms with E-state index in [1.54, 1.807) is 0 Å². The van der Waals surface area contributed by atoms with E-state index in [0.717, 1.165) is 77.1 Å². The standard InChI is InChI=1S/C39H23N3O.C21H12ClN3O.C19H14/c1-2-11-25(12-3-1)37-40-38(42-39(41-37)33-17-9-19-35-36(33)32-14-6-7-18-34(32)43-35)31-16-8-15-27-29-21-20-24-10-4-5-13-26(24)28(29)22-23-30(27)31;22-21-24-19(13-7-2-1-3-8-13)23-20(25-21)15-10-6-12-17-18(15)14-9-4-5-11-16(14)26-17;1-13-5-4-8-17-15(13)11-12-18-16-7-3-2-6-14(16)9-10-19(17)18/h1-23H;1-12H;2-12H,1H3. The smallest absolute Gasteiger partial charge is 0.226 e. The Morgan fingerprint density at radius 1 is 0.239 bits per heavy atom. The molecule has 0 radical (unpaired) electrons. The average Bonchev–Trinajstić information content (AvgIpc) is 1.35. The van der Waals surface area contributed by atoms with Crippen molar-refractivity contribution in [2.24, 2.45) is 0 Å². The molecule has 4 aromatic heterocycles. The lowest BCUT2D eigenvalue weighted by Crippen LogP contribution is -2.00. The van der Waals surface area contributed by atoms with Gasteiger partial charge in [-0.05, 0) is 113 Å². The molecular weight excluding hydrogens is 1100 g/mol. The second kappa shape index (κ2) is 21.9. The molecule has 0 aliphatic carbocycles. The van der Waals surface area contributed by atoms with Gasteiger partial charge < -0.3 is 8.83 Å². The number of furan rings is 2. The lowest BCUT2D eigenvalue weighted by atomic mass is 9.95. The summed E-state index contributed by atoms with van der Waals surface area (Å²) >= 11 is 6.21. The second-order valence-electron chi connectivity index (χ2n) is 21.8. The van der Waals surface area contributed by atoms with E-state index in [2.05, 4.69) is 167 Å². The molecule has 18 aromatic rings. The van der Waals surface area contributed by atoms with Crippen molar-refractivity contribution in [1.82, 2.24) is 29.9 Å². The third kappa shape index (κ3) is 9.27. The van der Waals surface area contributed by atoms with E-state index in [0.29, 0.717) is 29.1 Å². The van der Waals surface area contributed by atoms with Gasteiger partial charge in [0.15, 0.2) is 29.1 Å². The van der Waals surface area contributed by atoms with Crippen molar-refractivity contribution >= 4 is 120 Å². The Hall–Kier alpha value is -11.5. The number of hydrogen-bond acceptors (Lipinski definition) is 8. The van der Waals surface area contributed by atoms with Crippen molar-refractivity contribution in [1.29, 1.82) is 0 Å². The van der Waals surface area contributed by atoms with Crippen molar-refractivity contribution in [3.63, 3.8) is 0 Å². The number of aryl methyl sites for hydroxylation is 1. The van der Waals surface area contributed by atoms with Gasteiger partial charge in [-0.25, -0.2) is 19.9 Å². The lowest BCUT2D eigenvalue weighted by molar-refractivity contribution is 0.668. The molecule has 0 bridgehead atoms. The number of aromatic nitrogens is 6. The molecule has 0 spiro atoms. The quantitative estimate of drug-likeness (QED) is 0.157. The van der Waals surface area contributed by atoms with Gasteiger partial charge in [0.05, 0.1) is 0 Å². The second-order valence-corrected chi connectivity index (χ2v) is 22.1. The molecule has 0 aliphatic heterocycles. The highest BCUT2D eigenvalue weighted by atomic mass is 35.5. The first-order chi connectivity index (χ1) is 43.5. The SMILES string of the molecule is Cc1cccc2c1ccc1c3ccccc3ccc21.Clc1nc(-c2ccccc2)nc(-c2cccc3oc4ccccc4c23)n1.c1ccc(-c2nc(-c3cccc4c3ccc3c5ccccc5ccc43)nc(-c3cccc4oc5ccccc5c34)n2)cc1. The molecule has 8 nitrogen and oxygen atoms in total. The minimum Gasteiger partial charge on any atom is -0.456 e. The van der Waals surface area contributed by atoms with Gasteiger partial charge in [0.1, 0.15) is 22.3 Å². The predicted molar refractivity (Wildman–Crippen MR) is 363 cm³/mol. The van der Waals surface area contributed by atoms with Gasteiger partial charge in [-0.1, -0.05) is 255 Å². The van der Waals surface area contributed by atoms with Crippen LogP contribution < -0.4 is 0 Å². The fourth-order valence-electron chi connectivity index (χ4n) is 12.5. The van der Waals surface area contributed by atoms with Crippen LogP contribution in [0.3, 0.4) is 0 Å². The fourth-order valence-corrected chi connectivity index (χ4v) is 12.7. The first-order valence-electron chi connectivity index (χ1n) is 29.2. The Balaban J connectivity index is 0.000000117. The molecule has 0 saturated carbocycles. The monoisotopic (exact) mass is 1150 g/mol. The normalized spacial score (nSPS) is 11.5. The minimum absolute atomic E-state index is 0.165. The van der Waals surface area contributed by atoms with Crippen LogP contribution in [0.2, 0.25) is 5.28 Å². The van der Waals surface area contributed by atoms with Crippen LogP contribution >= 0.6 is 11.6 Å². The highest BCUT2D eigenvalue weighted by Gasteiger charge is 2.20. The number of hydrogen-bond donors (Lipinski definition) is 0. The average molecular weight is 1150 g/mol. The van der Waals surface area contributed by atoms with Gasteiger partial charge in [-0.3, -0.25) is 0 Å². The van der Waals surface area contributed by atoms with Crippen LogP contribution in [0.4, 0.5) is 0 Å². The maximum absolute atomic E-state index is 6.21. The van der Waals surface area contributed by atoms with Crippen molar-refractivity contribution in [2.75, 3.05) is 0 Å². The topological polar surface area (TPSA) is 104 Å². The predicted octanol–water partition coefficient (Wildman–Crippen LogP) is 21.4. The highest BCUT2D eigenvalue weighted by Crippen LogP contribution is 2.41. The molecule has 14 aromatic carbocycles. The van der Waals surface area contributed by atoms with Crippen LogP contribution in [-0.2, 0) is 0 Å². The van der Waals surface area contributed by atoms with Crippen molar-refractivity contribution < 1.29 is 8.83 Å². The van der Waals surface area contributed by atoms with E-state index in [9.17, 15) is 0 Å². The molecular formula is C79H49ClN6O2. The zero-order valence-electron chi connectivity index (χ0n) is 47.4. The van der Waals surface area contributed by atoms with Crippen LogP contribution in [-0.4, -0.2) is 29.9 Å². The summed E-state index contributed by atoms with van der Waals surface area (Å²) in [5.41, 5.74) is 9.21. The number of halogens is 1. The summed E-state index contributed by atoms with van der Waals surface area (Å²) < 4.78 is 12.2. The molecule has 0 atom stereocenters. The Bertz CT molecular complexity index is 5750. The summed E-state index contributed by atoms with van der Waals surface area (Å²) in [6.07, 6.45) is 0. The van der Waals surface area contributed by atoms with Gasteiger partial charge in [-0.2, -0.15) is 9.97 Å². The lowest BCUT2D eigenvalue weighted by Gasteiger charge is -2.12. The Morgan fingerprint density at radius 2 is 0.580 bits per heavy atom. The molecule has 0 saturated heterocycles. The van der Waals surface area contributed by atoms with Crippen molar-refractivity contribution in [3.05, 3.63) is 290 Å². The van der Waals surface area contributed by atoms with Gasteiger partial charge in [0.2, 0.25) is 5.28 Å². The van der Waals surface area contributed by atoms with Crippen LogP contribution in [0.5, 0.6) is 0 Å². The third-order valence-electron chi connectivity index (χ3n) is 16.6. The van der Waals surface area contributed by atoms with Crippen LogP contribution in [0.25, 0.3) is 165 Å². The third-order valence-corrected chi connectivity index (χ3v) is 16.8. The maximum Gasteiger partial charge on any atom is 0.226 e. The summed E-state index contributed by atoms with van der Waals surface area (Å²) in [5.74, 6) is 2.96. The molecule has 0 fully saturated rings. The number of para-hydroxylation sites is 2. The van der Waals surface area contributed by atoms with E-state index in [1.165, 1.54) is 64.8 Å².